The largest absolute Gasteiger partial charge is 0.494 e. The summed E-state index contributed by atoms with van der Waals surface area (Å²) in [4.78, 5) is 8.58. The van der Waals surface area contributed by atoms with Crippen LogP contribution in [0.15, 0.2) is 33.7 Å². The molecule has 0 bridgehead atoms. The number of hydrogen-bond acceptors (Lipinski definition) is 4. The van der Waals surface area contributed by atoms with Crippen molar-refractivity contribution in [2.75, 3.05) is 13.7 Å². The summed E-state index contributed by atoms with van der Waals surface area (Å²) in [7, 11) is 1.74. The first-order chi connectivity index (χ1) is 12.1. The van der Waals surface area contributed by atoms with E-state index in [0.29, 0.717) is 24.9 Å². The van der Waals surface area contributed by atoms with Gasteiger partial charge in [-0.05, 0) is 38.0 Å². The molecule has 0 aliphatic rings. The number of rotatable bonds is 8. The van der Waals surface area contributed by atoms with E-state index in [1.165, 1.54) is 0 Å². The van der Waals surface area contributed by atoms with E-state index in [1.54, 1.807) is 7.05 Å². The number of aromatic nitrogens is 1. The van der Waals surface area contributed by atoms with Crippen molar-refractivity contribution in [1.82, 2.24) is 15.6 Å². The molecule has 0 atom stereocenters. The third kappa shape index (κ3) is 7.23. The molecule has 1 aromatic heterocycles. The fourth-order valence-corrected chi connectivity index (χ4v) is 2.26. The SMILES string of the molecule is CCCCOc1cccc(CNC(=NC)NCc2nc(C)c(C)o2)c1.I. The van der Waals surface area contributed by atoms with Gasteiger partial charge >= 0.3 is 0 Å². The maximum Gasteiger partial charge on any atom is 0.214 e. The molecule has 0 saturated carbocycles. The second-order valence-electron chi connectivity index (χ2n) is 5.88. The van der Waals surface area contributed by atoms with Crippen molar-refractivity contribution in [3.05, 3.63) is 47.2 Å². The first-order valence-corrected chi connectivity index (χ1v) is 8.71. The Morgan fingerprint density at radius 3 is 2.65 bits per heavy atom. The van der Waals surface area contributed by atoms with Crippen LogP contribution in [-0.4, -0.2) is 24.6 Å². The molecule has 0 aliphatic carbocycles. The molecule has 0 radical (unpaired) electrons. The van der Waals surface area contributed by atoms with Crippen LogP contribution in [0, 0.1) is 13.8 Å². The molecule has 1 heterocycles. The Labute approximate surface area is 172 Å². The van der Waals surface area contributed by atoms with Gasteiger partial charge in [-0.15, -0.1) is 24.0 Å². The Bertz CT molecular complexity index is 681. The smallest absolute Gasteiger partial charge is 0.214 e. The van der Waals surface area contributed by atoms with Gasteiger partial charge in [-0.1, -0.05) is 25.5 Å². The number of hydrogen-bond donors (Lipinski definition) is 2. The van der Waals surface area contributed by atoms with Crippen LogP contribution in [0.5, 0.6) is 5.75 Å². The zero-order chi connectivity index (χ0) is 18.1. The minimum Gasteiger partial charge on any atom is -0.494 e. The molecule has 1 aromatic carbocycles. The molecule has 2 aromatic rings. The maximum absolute atomic E-state index is 5.74. The first kappa shape index (κ1) is 22.3. The van der Waals surface area contributed by atoms with E-state index >= 15 is 0 Å². The molecular weight excluding hydrogens is 443 g/mol. The molecule has 0 unspecified atom stereocenters. The van der Waals surface area contributed by atoms with Crippen molar-refractivity contribution in [2.45, 2.75) is 46.7 Å². The number of ether oxygens (including phenoxy) is 1. The summed E-state index contributed by atoms with van der Waals surface area (Å²) in [5.41, 5.74) is 2.05. The highest BCUT2D eigenvalue weighted by atomic mass is 127. The number of guanidine groups is 1. The van der Waals surface area contributed by atoms with Crippen molar-refractivity contribution in [3.8, 4) is 5.75 Å². The zero-order valence-electron chi connectivity index (χ0n) is 16.0. The van der Waals surface area contributed by atoms with E-state index in [4.69, 9.17) is 9.15 Å². The van der Waals surface area contributed by atoms with Gasteiger partial charge in [-0.3, -0.25) is 4.99 Å². The lowest BCUT2D eigenvalue weighted by atomic mass is 10.2. The van der Waals surface area contributed by atoms with Gasteiger partial charge in [-0.25, -0.2) is 4.98 Å². The van der Waals surface area contributed by atoms with Crippen LogP contribution >= 0.6 is 24.0 Å². The third-order valence-corrected chi connectivity index (χ3v) is 3.83. The van der Waals surface area contributed by atoms with Gasteiger partial charge in [0, 0.05) is 13.6 Å². The second-order valence-corrected chi connectivity index (χ2v) is 5.88. The molecule has 2 rings (SSSR count). The van der Waals surface area contributed by atoms with Crippen molar-refractivity contribution < 1.29 is 9.15 Å². The fraction of sp³-hybridized carbons (Fsp3) is 0.474. The van der Waals surface area contributed by atoms with E-state index in [-0.39, 0.29) is 24.0 Å². The molecule has 0 saturated heterocycles. The Hall–Kier alpha value is -1.77. The van der Waals surface area contributed by atoms with Crippen LogP contribution < -0.4 is 15.4 Å². The molecule has 0 aliphatic heterocycles. The molecular formula is C19H29IN4O2. The Morgan fingerprint density at radius 1 is 1.23 bits per heavy atom. The predicted molar refractivity (Wildman–Crippen MR) is 115 cm³/mol. The lowest BCUT2D eigenvalue weighted by molar-refractivity contribution is 0.309. The highest BCUT2D eigenvalue weighted by Crippen LogP contribution is 2.13. The molecule has 0 amide bonds. The second kappa shape index (κ2) is 11.8. The maximum atomic E-state index is 5.74. The summed E-state index contributed by atoms with van der Waals surface area (Å²) in [5, 5.41) is 6.49. The molecule has 7 heteroatoms. The van der Waals surface area contributed by atoms with E-state index in [9.17, 15) is 0 Å². The van der Waals surface area contributed by atoms with Crippen molar-refractivity contribution in [2.24, 2.45) is 4.99 Å². The Morgan fingerprint density at radius 2 is 2.00 bits per heavy atom. The van der Waals surface area contributed by atoms with E-state index < -0.39 is 0 Å². The molecule has 144 valence electrons. The number of aliphatic imine (C=N–C) groups is 1. The Kier molecular flexibility index (Phi) is 10.1. The molecule has 0 spiro atoms. The third-order valence-electron chi connectivity index (χ3n) is 3.83. The first-order valence-electron chi connectivity index (χ1n) is 8.71. The number of nitrogens with one attached hydrogen (secondary N) is 2. The van der Waals surface area contributed by atoms with Gasteiger partial charge in [0.1, 0.15) is 11.5 Å². The number of oxazole rings is 1. The van der Waals surface area contributed by atoms with Crippen LogP contribution in [0.4, 0.5) is 0 Å². The molecule has 0 fully saturated rings. The highest BCUT2D eigenvalue weighted by Gasteiger charge is 2.06. The van der Waals surface area contributed by atoms with Gasteiger partial charge in [0.2, 0.25) is 5.89 Å². The van der Waals surface area contributed by atoms with E-state index in [0.717, 1.165) is 42.2 Å². The zero-order valence-corrected chi connectivity index (χ0v) is 18.3. The van der Waals surface area contributed by atoms with Gasteiger partial charge in [0.25, 0.3) is 0 Å². The summed E-state index contributed by atoms with van der Waals surface area (Å²) >= 11 is 0. The van der Waals surface area contributed by atoms with Crippen molar-refractivity contribution in [1.29, 1.82) is 0 Å². The summed E-state index contributed by atoms with van der Waals surface area (Å²) in [6.07, 6.45) is 2.20. The lowest BCUT2D eigenvalue weighted by Gasteiger charge is -2.12. The standard InChI is InChI=1S/C19H28N4O2.HI/c1-5-6-10-24-17-9-7-8-16(11-17)12-21-19(20-4)22-13-18-23-14(2)15(3)25-18;/h7-9,11H,5-6,10,12-13H2,1-4H3,(H2,20,21,22);1H. The lowest BCUT2D eigenvalue weighted by Crippen LogP contribution is -2.36. The minimum atomic E-state index is 0. The molecule has 26 heavy (non-hydrogen) atoms. The van der Waals surface area contributed by atoms with E-state index in [2.05, 4.69) is 39.7 Å². The number of aryl methyl sites for hydroxylation is 2. The van der Waals surface area contributed by atoms with Gasteiger partial charge in [0.05, 0.1) is 18.8 Å². The monoisotopic (exact) mass is 472 g/mol. The van der Waals surface area contributed by atoms with Crippen molar-refractivity contribution in [3.63, 3.8) is 0 Å². The normalized spacial score (nSPS) is 11.0. The minimum absolute atomic E-state index is 0. The molecule has 6 nitrogen and oxygen atoms in total. The average Bonchev–Trinajstić information content (AvgIpc) is 2.94. The summed E-state index contributed by atoms with van der Waals surface area (Å²) < 4.78 is 11.3. The van der Waals surface area contributed by atoms with E-state index in [1.807, 2.05) is 26.0 Å². The summed E-state index contributed by atoms with van der Waals surface area (Å²) in [6.45, 7) is 7.91. The van der Waals surface area contributed by atoms with Gasteiger partial charge in [0.15, 0.2) is 5.96 Å². The van der Waals surface area contributed by atoms with Gasteiger partial charge in [-0.2, -0.15) is 0 Å². The van der Waals surface area contributed by atoms with Crippen LogP contribution in [0.25, 0.3) is 0 Å². The van der Waals surface area contributed by atoms with Gasteiger partial charge < -0.3 is 19.8 Å². The van der Waals surface area contributed by atoms with Crippen molar-refractivity contribution >= 4 is 29.9 Å². The topological polar surface area (TPSA) is 71.7 Å². The molecule has 2 N–H and O–H groups in total. The van der Waals surface area contributed by atoms with Crippen LogP contribution in [0.1, 0.15) is 42.7 Å². The summed E-state index contributed by atoms with van der Waals surface area (Å²) in [5.74, 6) is 3.11. The number of halogens is 1. The van der Waals surface area contributed by atoms with Crippen LogP contribution in [0.3, 0.4) is 0 Å². The predicted octanol–water partition coefficient (Wildman–Crippen LogP) is 3.95. The number of unbranched alkanes of at least 4 members (excludes halogenated alkanes) is 1. The summed E-state index contributed by atoms with van der Waals surface area (Å²) in [6, 6.07) is 8.11. The Balaban J connectivity index is 0.00000338. The fourth-order valence-electron chi connectivity index (χ4n) is 2.26. The quantitative estimate of drug-likeness (QED) is 0.264. The average molecular weight is 472 g/mol. The number of nitrogens with zero attached hydrogens (tertiary/aromatic N) is 2. The van der Waals surface area contributed by atoms with Crippen LogP contribution in [0.2, 0.25) is 0 Å². The van der Waals surface area contributed by atoms with Crippen LogP contribution in [-0.2, 0) is 13.1 Å². The highest BCUT2D eigenvalue weighted by molar-refractivity contribution is 14.0. The number of benzene rings is 1.